The molecule has 4 fully saturated rings. The highest BCUT2D eigenvalue weighted by Gasteiger charge is 2.54. The van der Waals surface area contributed by atoms with Gasteiger partial charge in [-0.2, -0.15) is 0 Å². The Labute approximate surface area is 171 Å². The maximum Gasteiger partial charge on any atom is 0.230 e. The summed E-state index contributed by atoms with van der Waals surface area (Å²) in [4.78, 5) is 18.1. The number of aromatic nitrogens is 2. The number of nitrogens with zero attached hydrogens (tertiary/aromatic N) is 2. The van der Waals surface area contributed by atoms with E-state index in [2.05, 4.69) is 47.2 Å². The highest BCUT2D eigenvalue weighted by molar-refractivity contribution is 5.96. The molecule has 0 aliphatic heterocycles. The molecule has 1 amide bonds. The number of hydrogen-bond donors (Lipinski definition) is 1. The van der Waals surface area contributed by atoms with Crippen molar-refractivity contribution >= 4 is 17.2 Å². The minimum absolute atomic E-state index is 0.120. The van der Waals surface area contributed by atoms with E-state index in [9.17, 15) is 4.79 Å². The number of imidazole rings is 1. The lowest BCUT2D eigenvalue weighted by atomic mass is 9.49. The van der Waals surface area contributed by atoms with Crippen LogP contribution in [0.1, 0.15) is 44.1 Å². The first kappa shape index (κ1) is 17.3. The number of aryl methyl sites for hydroxylation is 1. The maximum absolute atomic E-state index is 13.4. The van der Waals surface area contributed by atoms with Crippen LogP contribution in [0.15, 0.2) is 48.8 Å². The Morgan fingerprint density at radius 3 is 2.48 bits per heavy atom. The predicted molar refractivity (Wildman–Crippen MR) is 115 cm³/mol. The summed E-state index contributed by atoms with van der Waals surface area (Å²) in [5.74, 6) is 2.58. The molecule has 2 aromatic heterocycles. The van der Waals surface area contributed by atoms with E-state index >= 15 is 0 Å². The van der Waals surface area contributed by atoms with Crippen molar-refractivity contribution in [1.29, 1.82) is 0 Å². The van der Waals surface area contributed by atoms with Gasteiger partial charge in [-0.15, -0.1) is 0 Å². The predicted octanol–water partition coefficient (Wildman–Crippen LogP) is 5.46. The molecule has 4 heteroatoms. The number of amides is 1. The van der Waals surface area contributed by atoms with Crippen LogP contribution in [-0.2, 0) is 4.79 Å². The zero-order chi connectivity index (χ0) is 19.6. The van der Waals surface area contributed by atoms with E-state index in [0.717, 1.165) is 59.6 Å². The molecular formula is C25H27N3O. The lowest BCUT2D eigenvalue weighted by Crippen LogP contribution is -2.51. The molecule has 0 atom stereocenters. The SMILES string of the molecule is Cc1ccc2nc(-c3cccc(NC(=O)C45CC6CC(CC(C6)C4)C5)c3)cn2c1. The van der Waals surface area contributed by atoms with Crippen LogP contribution in [0.3, 0.4) is 0 Å². The molecule has 1 N–H and O–H groups in total. The largest absolute Gasteiger partial charge is 0.326 e. The Hall–Kier alpha value is -2.62. The molecule has 0 unspecified atom stereocenters. The van der Waals surface area contributed by atoms with E-state index in [-0.39, 0.29) is 11.3 Å². The molecule has 0 saturated heterocycles. The molecule has 2 heterocycles. The Kier molecular flexibility index (Phi) is 3.68. The first-order valence-corrected chi connectivity index (χ1v) is 10.9. The third-order valence-corrected chi connectivity index (χ3v) is 7.54. The van der Waals surface area contributed by atoms with Gasteiger partial charge in [0.05, 0.1) is 11.1 Å². The fraction of sp³-hybridized carbons (Fsp3) is 0.440. The molecule has 3 aromatic rings. The third-order valence-electron chi connectivity index (χ3n) is 7.54. The van der Waals surface area contributed by atoms with Crippen LogP contribution in [0.25, 0.3) is 16.9 Å². The van der Waals surface area contributed by atoms with Crippen molar-refractivity contribution in [2.24, 2.45) is 23.2 Å². The van der Waals surface area contributed by atoms with Crippen LogP contribution >= 0.6 is 0 Å². The third kappa shape index (κ3) is 2.88. The van der Waals surface area contributed by atoms with Gasteiger partial charge in [-0.05, 0) is 87.0 Å². The first-order valence-electron chi connectivity index (χ1n) is 10.9. The van der Waals surface area contributed by atoms with Gasteiger partial charge in [0.1, 0.15) is 5.65 Å². The number of pyridine rings is 1. The minimum Gasteiger partial charge on any atom is -0.326 e. The molecule has 29 heavy (non-hydrogen) atoms. The number of anilines is 1. The van der Waals surface area contributed by atoms with Crippen LogP contribution < -0.4 is 5.32 Å². The number of carbonyl (C=O) groups excluding carboxylic acids is 1. The van der Waals surface area contributed by atoms with Gasteiger partial charge in [0.2, 0.25) is 5.91 Å². The summed E-state index contributed by atoms with van der Waals surface area (Å²) in [5.41, 5.74) is 4.88. The van der Waals surface area contributed by atoms with Gasteiger partial charge >= 0.3 is 0 Å². The van der Waals surface area contributed by atoms with Gasteiger partial charge in [-0.25, -0.2) is 4.98 Å². The van der Waals surface area contributed by atoms with Crippen LogP contribution in [0.4, 0.5) is 5.69 Å². The standard InChI is InChI=1S/C25H27N3O/c1-16-5-6-23-27-22(15-28(23)14-16)20-3-2-4-21(10-20)26-24(29)25-11-17-7-18(12-25)9-19(8-17)13-25/h2-6,10,14-15,17-19H,7-9,11-13H2,1H3,(H,26,29). The van der Waals surface area contributed by atoms with Crippen LogP contribution in [0.2, 0.25) is 0 Å². The lowest BCUT2D eigenvalue weighted by molar-refractivity contribution is -0.140. The fourth-order valence-electron chi connectivity index (χ4n) is 6.65. The summed E-state index contributed by atoms with van der Waals surface area (Å²) < 4.78 is 2.06. The number of carbonyl (C=O) groups is 1. The second-order valence-electron chi connectivity index (χ2n) is 9.83. The number of nitrogens with one attached hydrogen (secondary N) is 1. The number of benzene rings is 1. The monoisotopic (exact) mass is 385 g/mol. The van der Waals surface area contributed by atoms with E-state index in [0.29, 0.717) is 0 Å². The zero-order valence-electron chi connectivity index (χ0n) is 16.9. The van der Waals surface area contributed by atoms with Gasteiger partial charge in [-0.3, -0.25) is 4.79 Å². The van der Waals surface area contributed by atoms with Crippen molar-refractivity contribution in [1.82, 2.24) is 9.38 Å². The molecule has 4 aliphatic carbocycles. The normalized spacial score (nSPS) is 30.0. The van der Waals surface area contributed by atoms with E-state index in [1.165, 1.54) is 24.8 Å². The molecule has 4 nitrogen and oxygen atoms in total. The average molecular weight is 386 g/mol. The molecule has 7 rings (SSSR count). The summed E-state index contributed by atoms with van der Waals surface area (Å²) in [6, 6.07) is 12.3. The van der Waals surface area contributed by atoms with Gasteiger partial charge in [-0.1, -0.05) is 18.2 Å². The molecule has 0 radical (unpaired) electrons. The van der Waals surface area contributed by atoms with Crippen molar-refractivity contribution in [3.63, 3.8) is 0 Å². The van der Waals surface area contributed by atoms with Gasteiger partial charge in [0, 0.05) is 23.6 Å². The topological polar surface area (TPSA) is 46.4 Å². The molecule has 0 spiro atoms. The minimum atomic E-state index is -0.120. The number of rotatable bonds is 3. The molecule has 1 aromatic carbocycles. The van der Waals surface area contributed by atoms with Crippen LogP contribution in [0.5, 0.6) is 0 Å². The van der Waals surface area contributed by atoms with Crippen LogP contribution in [-0.4, -0.2) is 15.3 Å². The van der Waals surface area contributed by atoms with E-state index in [1.807, 2.05) is 18.2 Å². The lowest BCUT2D eigenvalue weighted by Gasteiger charge is -2.55. The molecular weight excluding hydrogens is 358 g/mol. The van der Waals surface area contributed by atoms with Gasteiger partial charge in [0.15, 0.2) is 0 Å². The van der Waals surface area contributed by atoms with Gasteiger partial charge in [0.25, 0.3) is 0 Å². The van der Waals surface area contributed by atoms with E-state index < -0.39 is 0 Å². The Morgan fingerprint density at radius 1 is 1.03 bits per heavy atom. The van der Waals surface area contributed by atoms with Crippen LogP contribution in [0, 0.1) is 30.1 Å². The highest BCUT2D eigenvalue weighted by atomic mass is 16.2. The fourth-order valence-corrected chi connectivity index (χ4v) is 6.65. The zero-order valence-corrected chi connectivity index (χ0v) is 16.9. The highest BCUT2D eigenvalue weighted by Crippen LogP contribution is 2.60. The van der Waals surface area contributed by atoms with Crippen molar-refractivity contribution in [2.75, 3.05) is 5.32 Å². The first-order chi connectivity index (χ1) is 14.1. The number of fused-ring (bicyclic) bond motifs is 1. The summed E-state index contributed by atoms with van der Waals surface area (Å²) in [6.45, 7) is 2.08. The second kappa shape index (κ2) is 6.19. The summed E-state index contributed by atoms with van der Waals surface area (Å²) >= 11 is 0. The Bertz CT molecular complexity index is 1080. The van der Waals surface area contributed by atoms with E-state index in [4.69, 9.17) is 4.98 Å². The Morgan fingerprint density at radius 2 is 1.76 bits per heavy atom. The molecule has 148 valence electrons. The second-order valence-corrected chi connectivity index (χ2v) is 9.83. The summed E-state index contributed by atoms with van der Waals surface area (Å²) in [7, 11) is 0. The average Bonchev–Trinajstić information content (AvgIpc) is 3.10. The number of hydrogen-bond acceptors (Lipinski definition) is 2. The quantitative estimate of drug-likeness (QED) is 0.650. The Balaban J connectivity index is 1.27. The summed E-state index contributed by atoms with van der Waals surface area (Å²) in [6.07, 6.45) is 11.5. The smallest absolute Gasteiger partial charge is 0.230 e. The molecule has 4 aliphatic rings. The van der Waals surface area contributed by atoms with Gasteiger partial charge < -0.3 is 9.72 Å². The summed E-state index contributed by atoms with van der Waals surface area (Å²) in [5, 5.41) is 3.28. The van der Waals surface area contributed by atoms with Crippen molar-refractivity contribution in [3.8, 4) is 11.3 Å². The van der Waals surface area contributed by atoms with Crippen molar-refractivity contribution < 1.29 is 4.79 Å². The maximum atomic E-state index is 13.4. The molecule has 4 saturated carbocycles. The van der Waals surface area contributed by atoms with Crippen molar-refractivity contribution in [2.45, 2.75) is 45.4 Å². The van der Waals surface area contributed by atoms with Crippen molar-refractivity contribution in [3.05, 3.63) is 54.4 Å². The molecule has 4 bridgehead atoms. The van der Waals surface area contributed by atoms with E-state index in [1.54, 1.807) is 0 Å².